The maximum Gasteiger partial charge on any atom is 0.250 e. The standard InChI is InChI=1S/C18H21Cl2N3O3S2/c1-12(18(24)21-16-5-4-13(19)11-15(16)20)23-8-6-14(7-9-23)22-28(25,26)17-3-2-10-27-17/h2-5,10-12,14,22H,6-9H2,1H3,(H,21,24). The van der Waals surface area contributed by atoms with Crippen LogP contribution >= 0.6 is 34.5 Å². The van der Waals surface area contributed by atoms with Crippen molar-refractivity contribution in [1.82, 2.24) is 9.62 Å². The van der Waals surface area contributed by atoms with E-state index in [1.165, 1.54) is 11.3 Å². The summed E-state index contributed by atoms with van der Waals surface area (Å²) in [4.78, 5) is 14.6. The van der Waals surface area contributed by atoms with Gasteiger partial charge in [-0.3, -0.25) is 9.69 Å². The molecule has 1 aliphatic rings. The molecule has 28 heavy (non-hydrogen) atoms. The number of likely N-dealkylation sites (tertiary alicyclic amines) is 1. The van der Waals surface area contributed by atoms with E-state index in [2.05, 4.69) is 10.0 Å². The van der Waals surface area contributed by atoms with Crippen molar-refractivity contribution in [2.24, 2.45) is 0 Å². The second-order valence-electron chi connectivity index (χ2n) is 6.65. The van der Waals surface area contributed by atoms with Gasteiger partial charge in [0.25, 0.3) is 0 Å². The van der Waals surface area contributed by atoms with Gasteiger partial charge in [-0.15, -0.1) is 11.3 Å². The van der Waals surface area contributed by atoms with Crippen LogP contribution in [0.1, 0.15) is 19.8 Å². The first-order chi connectivity index (χ1) is 13.3. The minimum atomic E-state index is -3.47. The lowest BCUT2D eigenvalue weighted by Crippen LogP contribution is -2.50. The summed E-state index contributed by atoms with van der Waals surface area (Å²) in [6.45, 7) is 3.08. The summed E-state index contributed by atoms with van der Waals surface area (Å²) in [5.41, 5.74) is 0.515. The number of hydrogen-bond donors (Lipinski definition) is 2. The summed E-state index contributed by atoms with van der Waals surface area (Å²) >= 11 is 13.2. The summed E-state index contributed by atoms with van der Waals surface area (Å²) in [5.74, 6) is -0.165. The summed E-state index contributed by atoms with van der Waals surface area (Å²) in [7, 11) is -3.47. The van der Waals surface area contributed by atoms with E-state index in [1.54, 1.807) is 35.7 Å². The number of nitrogens with one attached hydrogen (secondary N) is 2. The van der Waals surface area contributed by atoms with E-state index in [0.29, 0.717) is 45.9 Å². The zero-order valence-electron chi connectivity index (χ0n) is 15.2. The highest BCUT2D eigenvalue weighted by molar-refractivity contribution is 7.91. The smallest absolute Gasteiger partial charge is 0.250 e. The molecule has 1 atom stereocenters. The van der Waals surface area contributed by atoms with Crippen molar-refractivity contribution in [3.05, 3.63) is 45.8 Å². The average Bonchev–Trinajstić information content (AvgIpc) is 3.19. The number of carbonyl (C=O) groups is 1. The van der Waals surface area contributed by atoms with Crippen molar-refractivity contribution in [2.45, 2.75) is 36.1 Å². The van der Waals surface area contributed by atoms with Crippen molar-refractivity contribution in [2.75, 3.05) is 18.4 Å². The number of thiophene rings is 1. The fourth-order valence-electron chi connectivity index (χ4n) is 3.09. The third kappa shape index (κ3) is 5.25. The molecule has 1 fully saturated rings. The van der Waals surface area contributed by atoms with Crippen LogP contribution in [0, 0.1) is 0 Å². The van der Waals surface area contributed by atoms with Crippen molar-refractivity contribution < 1.29 is 13.2 Å². The summed E-state index contributed by atoms with van der Waals surface area (Å²) in [6, 6.07) is 7.73. The van der Waals surface area contributed by atoms with Crippen LogP contribution in [0.4, 0.5) is 5.69 Å². The van der Waals surface area contributed by atoms with Gasteiger partial charge in [0.05, 0.1) is 16.8 Å². The van der Waals surface area contributed by atoms with Gasteiger partial charge in [0.1, 0.15) is 4.21 Å². The first-order valence-corrected chi connectivity index (χ1v) is 11.9. The molecule has 2 heterocycles. The molecular weight excluding hydrogens is 441 g/mol. The lowest BCUT2D eigenvalue weighted by molar-refractivity contribution is -0.121. The van der Waals surface area contributed by atoms with Crippen LogP contribution in [0.25, 0.3) is 0 Å². The topological polar surface area (TPSA) is 78.5 Å². The maximum absolute atomic E-state index is 12.6. The van der Waals surface area contributed by atoms with Gasteiger partial charge >= 0.3 is 0 Å². The van der Waals surface area contributed by atoms with Crippen molar-refractivity contribution in [3.63, 3.8) is 0 Å². The number of anilines is 1. The molecule has 10 heteroatoms. The Morgan fingerprint density at radius 1 is 1.25 bits per heavy atom. The van der Waals surface area contributed by atoms with Gasteiger partial charge in [0, 0.05) is 24.2 Å². The second kappa shape index (κ2) is 9.11. The van der Waals surface area contributed by atoms with E-state index in [1.807, 2.05) is 11.8 Å². The van der Waals surface area contributed by atoms with Crippen molar-refractivity contribution in [3.8, 4) is 0 Å². The third-order valence-electron chi connectivity index (χ3n) is 4.73. The SMILES string of the molecule is CC(C(=O)Nc1ccc(Cl)cc1Cl)N1CCC(NS(=O)(=O)c2cccs2)CC1. The minimum absolute atomic E-state index is 0.135. The third-order valence-corrected chi connectivity index (χ3v) is 8.19. The van der Waals surface area contributed by atoms with Crippen molar-refractivity contribution >= 4 is 56.2 Å². The molecule has 0 bridgehead atoms. The normalized spacial score (nSPS) is 17.4. The molecule has 0 spiro atoms. The number of halogens is 2. The number of benzene rings is 1. The van der Waals surface area contributed by atoms with Gasteiger partial charge < -0.3 is 5.32 Å². The van der Waals surface area contributed by atoms with E-state index in [4.69, 9.17) is 23.2 Å². The largest absolute Gasteiger partial charge is 0.323 e. The number of sulfonamides is 1. The highest BCUT2D eigenvalue weighted by Crippen LogP contribution is 2.26. The second-order valence-corrected chi connectivity index (χ2v) is 10.4. The zero-order chi connectivity index (χ0) is 20.3. The highest BCUT2D eigenvalue weighted by Gasteiger charge is 2.29. The molecule has 1 aromatic heterocycles. The number of nitrogens with zero attached hydrogens (tertiary/aromatic N) is 1. The van der Waals surface area contributed by atoms with Crippen LogP contribution in [0.15, 0.2) is 39.9 Å². The number of amides is 1. The average molecular weight is 462 g/mol. The Balaban J connectivity index is 1.53. The monoisotopic (exact) mass is 461 g/mol. The van der Waals surface area contributed by atoms with Crippen LogP contribution in [-0.2, 0) is 14.8 Å². The molecule has 1 aliphatic heterocycles. The molecule has 0 radical (unpaired) electrons. The highest BCUT2D eigenvalue weighted by atomic mass is 35.5. The van der Waals surface area contributed by atoms with E-state index in [9.17, 15) is 13.2 Å². The first kappa shape index (κ1) is 21.5. The maximum atomic E-state index is 12.6. The quantitative estimate of drug-likeness (QED) is 0.684. The number of piperidine rings is 1. The zero-order valence-corrected chi connectivity index (χ0v) is 18.3. The van der Waals surface area contributed by atoms with Crippen LogP contribution in [0.3, 0.4) is 0 Å². The molecule has 1 unspecified atom stereocenters. The Morgan fingerprint density at radius 2 is 1.96 bits per heavy atom. The summed E-state index contributed by atoms with van der Waals surface area (Å²) < 4.78 is 27.8. The van der Waals surface area contributed by atoms with Gasteiger partial charge in [-0.25, -0.2) is 13.1 Å². The molecule has 1 amide bonds. The van der Waals surface area contributed by atoms with Gasteiger partial charge in [-0.1, -0.05) is 29.3 Å². The predicted octanol–water partition coefficient (Wildman–Crippen LogP) is 3.82. The fraction of sp³-hybridized carbons (Fsp3) is 0.389. The van der Waals surface area contributed by atoms with E-state index < -0.39 is 10.0 Å². The number of hydrogen-bond acceptors (Lipinski definition) is 5. The van der Waals surface area contributed by atoms with Crippen LogP contribution < -0.4 is 10.0 Å². The molecular formula is C18H21Cl2N3O3S2. The number of carbonyl (C=O) groups excluding carboxylic acids is 1. The molecule has 1 aromatic carbocycles. The Hall–Kier alpha value is -1.16. The Bertz CT molecular complexity index is 928. The fourth-order valence-corrected chi connectivity index (χ4v) is 5.86. The first-order valence-electron chi connectivity index (χ1n) is 8.82. The lowest BCUT2D eigenvalue weighted by atomic mass is 10.0. The van der Waals surface area contributed by atoms with Gasteiger partial charge in [-0.2, -0.15) is 0 Å². The molecule has 152 valence electrons. The van der Waals surface area contributed by atoms with E-state index >= 15 is 0 Å². The van der Waals surface area contributed by atoms with Crippen LogP contribution in [-0.4, -0.2) is 44.4 Å². The molecule has 3 rings (SSSR count). The predicted molar refractivity (Wildman–Crippen MR) is 114 cm³/mol. The lowest BCUT2D eigenvalue weighted by Gasteiger charge is -2.35. The molecule has 1 saturated heterocycles. The van der Waals surface area contributed by atoms with Gasteiger partial charge in [0.2, 0.25) is 15.9 Å². The Morgan fingerprint density at radius 3 is 2.57 bits per heavy atom. The Labute approximate surface area is 178 Å². The van der Waals surface area contributed by atoms with Gasteiger partial charge in [-0.05, 0) is 49.4 Å². The van der Waals surface area contributed by atoms with Crippen molar-refractivity contribution in [1.29, 1.82) is 0 Å². The van der Waals surface area contributed by atoms with E-state index in [-0.39, 0.29) is 18.0 Å². The summed E-state index contributed by atoms with van der Waals surface area (Å²) in [5, 5.41) is 5.45. The minimum Gasteiger partial charge on any atom is -0.323 e. The Kier molecular flexibility index (Phi) is 7.01. The van der Waals surface area contributed by atoms with E-state index in [0.717, 1.165) is 0 Å². The molecule has 2 aromatic rings. The molecule has 0 aliphatic carbocycles. The van der Waals surface area contributed by atoms with Crippen LogP contribution in [0.5, 0.6) is 0 Å². The van der Waals surface area contributed by atoms with Crippen LogP contribution in [0.2, 0.25) is 10.0 Å². The molecule has 0 saturated carbocycles. The molecule has 6 nitrogen and oxygen atoms in total. The van der Waals surface area contributed by atoms with Gasteiger partial charge in [0.15, 0.2) is 0 Å². The number of rotatable bonds is 6. The molecule has 2 N–H and O–H groups in total. The summed E-state index contributed by atoms with van der Waals surface area (Å²) in [6.07, 6.45) is 1.29.